The zero-order valence-electron chi connectivity index (χ0n) is 12.7. The molecule has 0 saturated heterocycles. The molecule has 21 heavy (non-hydrogen) atoms. The van der Waals surface area contributed by atoms with E-state index in [1.807, 2.05) is 12.1 Å². The summed E-state index contributed by atoms with van der Waals surface area (Å²) in [7, 11) is 0. The van der Waals surface area contributed by atoms with Gasteiger partial charge in [-0.05, 0) is 42.7 Å². The largest absolute Gasteiger partial charge is 0.160 e. The van der Waals surface area contributed by atoms with Crippen LogP contribution in [0.5, 0.6) is 0 Å². The van der Waals surface area contributed by atoms with Crippen LogP contribution in [0.2, 0.25) is 10.0 Å². The second kappa shape index (κ2) is 5.10. The van der Waals surface area contributed by atoms with Crippen LogP contribution in [0, 0.1) is 16.7 Å². The highest BCUT2D eigenvalue weighted by atomic mass is 35.5. The van der Waals surface area contributed by atoms with Crippen molar-refractivity contribution in [3.05, 3.63) is 33.8 Å². The van der Waals surface area contributed by atoms with E-state index in [-0.39, 0.29) is 5.41 Å². The first-order chi connectivity index (χ1) is 9.84. The van der Waals surface area contributed by atoms with E-state index in [4.69, 9.17) is 23.2 Å². The van der Waals surface area contributed by atoms with E-state index < -0.39 is 0 Å². The van der Waals surface area contributed by atoms with Crippen LogP contribution < -0.4 is 0 Å². The number of hydrogen-bond acceptors (Lipinski definition) is 2. The average molecular weight is 323 g/mol. The van der Waals surface area contributed by atoms with Crippen molar-refractivity contribution in [2.24, 2.45) is 27.0 Å². The summed E-state index contributed by atoms with van der Waals surface area (Å²) in [5, 5.41) is 10.0. The third-order valence-corrected chi connectivity index (χ3v) is 6.41. The van der Waals surface area contributed by atoms with E-state index in [2.05, 4.69) is 31.0 Å². The third kappa shape index (κ3) is 2.33. The molecule has 2 aliphatic carbocycles. The van der Waals surface area contributed by atoms with Crippen molar-refractivity contribution in [2.45, 2.75) is 40.0 Å². The van der Waals surface area contributed by atoms with E-state index in [9.17, 15) is 0 Å². The molecule has 2 nitrogen and oxygen atoms in total. The molecule has 4 heteroatoms. The van der Waals surface area contributed by atoms with Crippen molar-refractivity contribution in [2.75, 3.05) is 0 Å². The minimum atomic E-state index is 0.193. The Morgan fingerprint density at radius 2 is 2.00 bits per heavy atom. The molecule has 0 radical (unpaired) electrons. The molecule has 0 heterocycles. The van der Waals surface area contributed by atoms with Crippen LogP contribution >= 0.6 is 23.2 Å². The zero-order valence-corrected chi connectivity index (χ0v) is 14.2. The van der Waals surface area contributed by atoms with Gasteiger partial charge in [0.15, 0.2) is 0 Å². The lowest BCUT2D eigenvalue weighted by atomic mass is 9.70. The van der Waals surface area contributed by atoms with E-state index in [1.165, 1.54) is 18.6 Å². The first-order valence-corrected chi connectivity index (χ1v) is 8.15. The summed E-state index contributed by atoms with van der Waals surface area (Å²) >= 11 is 12.0. The molecule has 1 aromatic carbocycles. The van der Waals surface area contributed by atoms with Gasteiger partial charge in [-0.25, -0.2) is 0 Å². The monoisotopic (exact) mass is 322 g/mol. The molecule has 2 saturated carbocycles. The maximum absolute atomic E-state index is 6.14. The molecule has 0 N–H and O–H groups in total. The van der Waals surface area contributed by atoms with Crippen molar-refractivity contribution in [3.8, 4) is 0 Å². The number of hydrogen-bond donors (Lipinski definition) is 0. The van der Waals surface area contributed by atoms with E-state index >= 15 is 0 Å². The Labute approximate surface area is 136 Å². The highest BCUT2D eigenvalue weighted by Gasteiger charge is 2.59. The standard InChI is InChI=1S/C17H20Cl2N2/c1-16(2)12-6-7-17(16,3)15(8-12)21-20-10-11-4-5-13(18)9-14(11)19/h4-5,9-10,12H,6-8H2,1-3H3/b20-10-,21-15-/t12-,17-/m0/s1. The summed E-state index contributed by atoms with van der Waals surface area (Å²) < 4.78 is 0. The second-order valence-electron chi connectivity index (χ2n) is 6.95. The molecule has 2 aliphatic rings. The summed E-state index contributed by atoms with van der Waals surface area (Å²) in [5.74, 6) is 0.746. The van der Waals surface area contributed by atoms with Gasteiger partial charge in [-0.15, -0.1) is 0 Å². The van der Waals surface area contributed by atoms with Crippen LogP contribution in [0.3, 0.4) is 0 Å². The molecular formula is C17H20Cl2N2. The van der Waals surface area contributed by atoms with Crippen molar-refractivity contribution in [1.29, 1.82) is 0 Å². The molecule has 2 bridgehead atoms. The van der Waals surface area contributed by atoms with Gasteiger partial charge >= 0.3 is 0 Å². The maximum Gasteiger partial charge on any atom is 0.0583 e. The van der Waals surface area contributed by atoms with E-state index in [0.29, 0.717) is 15.5 Å². The molecule has 1 aromatic rings. The van der Waals surface area contributed by atoms with E-state index in [0.717, 1.165) is 17.9 Å². The van der Waals surface area contributed by atoms with Crippen LogP contribution in [-0.4, -0.2) is 11.9 Å². The highest BCUT2D eigenvalue weighted by molar-refractivity contribution is 6.36. The zero-order chi connectivity index (χ0) is 15.3. The number of benzene rings is 1. The first-order valence-electron chi connectivity index (χ1n) is 7.40. The van der Waals surface area contributed by atoms with Crippen molar-refractivity contribution in [3.63, 3.8) is 0 Å². The number of rotatable bonds is 2. The Hall–Kier alpha value is -0.860. The minimum absolute atomic E-state index is 0.193. The molecule has 0 aromatic heterocycles. The molecular weight excluding hydrogens is 303 g/mol. The van der Waals surface area contributed by atoms with Gasteiger partial charge in [0.2, 0.25) is 0 Å². The Morgan fingerprint density at radius 1 is 1.24 bits per heavy atom. The molecule has 3 rings (SSSR count). The fourth-order valence-electron chi connectivity index (χ4n) is 3.85. The summed E-state index contributed by atoms with van der Waals surface area (Å²) in [4.78, 5) is 0. The van der Waals surface area contributed by atoms with Crippen LogP contribution in [0.1, 0.15) is 45.6 Å². The molecule has 0 aliphatic heterocycles. The Morgan fingerprint density at radius 3 is 2.57 bits per heavy atom. The normalized spacial score (nSPS) is 32.4. The summed E-state index contributed by atoms with van der Waals surface area (Å²) in [6.45, 7) is 7.07. The van der Waals surface area contributed by atoms with Crippen molar-refractivity contribution >= 4 is 35.1 Å². The van der Waals surface area contributed by atoms with Gasteiger partial charge in [0, 0.05) is 21.7 Å². The van der Waals surface area contributed by atoms with Gasteiger partial charge in [-0.3, -0.25) is 0 Å². The second-order valence-corrected chi connectivity index (χ2v) is 7.79. The molecule has 0 amide bonds. The predicted octanol–water partition coefficient (Wildman–Crippen LogP) is 5.61. The van der Waals surface area contributed by atoms with E-state index in [1.54, 1.807) is 12.3 Å². The summed E-state index contributed by atoms with van der Waals surface area (Å²) in [6, 6.07) is 5.39. The molecule has 0 unspecified atom stereocenters. The highest BCUT2D eigenvalue weighted by Crippen LogP contribution is 2.63. The van der Waals surface area contributed by atoms with Gasteiger partial charge in [-0.1, -0.05) is 50.0 Å². The van der Waals surface area contributed by atoms with Crippen molar-refractivity contribution < 1.29 is 0 Å². The fourth-order valence-corrected chi connectivity index (χ4v) is 4.30. The predicted molar refractivity (Wildman–Crippen MR) is 90.7 cm³/mol. The smallest absolute Gasteiger partial charge is 0.0583 e. The lowest BCUT2D eigenvalue weighted by Crippen LogP contribution is -2.32. The molecule has 112 valence electrons. The Bertz CT molecular complexity index is 634. The third-order valence-electron chi connectivity index (χ3n) is 5.85. The van der Waals surface area contributed by atoms with Gasteiger partial charge < -0.3 is 0 Å². The van der Waals surface area contributed by atoms with Crippen LogP contribution in [0.15, 0.2) is 28.4 Å². The minimum Gasteiger partial charge on any atom is -0.160 e. The summed E-state index contributed by atoms with van der Waals surface area (Å²) in [5.41, 5.74) is 2.61. The molecule has 0 spiro atoms. The number of fused-ring (bicyclic) bond motifs is 2. The lowest BCUT2D eigenvalue weighted by Gasteiger charge is -2.34. The van der Waals surface area contributed by atoms with Crippen LogP contribution in [0.4, 0.5) is 0 Å². The maximum atomic E-state index is 6.14. The summed E-state index contributed by atoms with van der Waals surface area (Å²) in [6.07, 6.45) is 5.33. The van der Waals surface area contributed by atoms with Crippen molar-refractivity contribution in [1.82, 2.24) is 0 Å². The number of halogens is 2. The average Bonchev–Trinajstić information content (AvgIpc) is 2.74. The quantitative estimate of drug-likeness (QED) is 0.499. The van der Waals surface area contributed by atoms with Gasteiger partial charge in [-0.2, -0.15) is 10.2 Å². The molecule has 2 fully saturated rings. The Kier molecular flexibility index (Phi) is 3.66. The topological polar surface area (TPSA) is 24.7 Å². The van der Waals surface area contributed by atoms with Gasteiger partial charge in [0.25, 0.3) is 0 Å². The molecule has 2 atom stereocenters. The fraction of sp³-hybridized carbons (Fsp3) is 0.529. The van der Waals surface area contributed by atoms with Crippen LogP contribution in [-0.2, 0) is 0 Å². The SMILES string of the molecule is CC1(C)[C@H]2CC[C@@]1(C)/C(=N\N=C/c1ccc(Cl)cc1Cl)C2. The van der Waals surface area contributed by atoms with Gasteiger partial charge in [0.1, 0.15) is 0 Å². The first kappa shape index (κ1) is 15.1. The number of nitrogens with zero attached hydrogens (tertiary/aromatic N) is 2. The lowest BCUT2D eigenvalue weighted by molar-refractivity contribution is 0.194. The Balaban J connectivity index is 1.83. The van der Waals surface area contributed by atoms with Gasteiger partial charge in [0.05, 0.1) is 11.2 Å². The van der Waals surface area contributed by atoms with Crippen LogP contribution in [0.25, 0.3) is 0 Å².